The van der Waals surface area contributed by atoms with Gasteiger partial charge in [-0.3, -0.25) is 9.59 Å². The van der Waals surface area contributed by atoms with Crippen molar-refractivity contribution in [3.63, 3.8) is 0 Å². The standard InChI is InChI=1S/C26H22F2N2O3/c1-4-33-19-10-7-17(8-11-19)23-24(29-18-9-12-20(27)21(28)14-18)26(32)30(25(23)31)22-13-15(2)5-6-16(22)3/h5-14,29H,4H2,1-3H3. The summed E-state index contributed by atoms with van der Waals surface area (Å²) in [6.45, 7) is 6.03. The maximum Gasteiger partial charge on any atom is 0.282 e. The van der Waals surface area contributed by atoms with Crippen molar-refractivity contribution in [1.29, 1.82) is 0 Å². The van der Waals surface area contributed by atoms with Gasteiger partial charge in [-0.15, -0.1) is 0 Å². The Hall–Kier alpha value is -4.00. The summed E-state index contributed by atoms with van der Waals surface area (Å²) in [6, 6.07) is 15.5. The lowest BCUT2D eigenvalue weighted by Crippen LogP contribution is -2.33. The molecule has 0 unspecified atom stereocenters. The quantitative estimate of drug-likeness (QED) is 0.515. The number of carbonyl (C=O) groups is 2. The average Bonchev–Trinajstić information content (AvgIpc) is 3.03. The van der Waals surface area contributed by atoms with Gasteiger partial charge in [0.15, 0.2) is 11.6 Å². The molecule has 0 fully saturated rings. The van der Waals surface area contributed by atoms with Gasteiger partial charge in [-0.2, -0.15) is 0 Å². The molecule has 33 heavy (non-hydrogen) atoms. The van der Waals surface area contributed by atoms with E-state index in [4.69, 9.17) is 4.74 Å². The molecule has 0 aromatic heterocycles. The Balaban J connectivity index is 1.83. The third kappa shape index (κ3) is 4.22. The van der Waals surface area contributed by atoms with Crippen molar-refractivity contribution < 1.29 is 23.1 Å². The predicted molar refractivity (Wildman–Crippen MR) is 123 cm³/mol. The number of aryl methyl sites for hydroxylation is 2. The van der Waals surface area contributed by atoms with Gasteiger partial charge in [-0.05, 0) is 67.8 Å². The van der Waals surface area contributed by atoms with Crippen LogP contribution in [0, 0.1) is 25.5 Å². The lowest BCUT2D eigenvalue weighted by molar-refractivity contribution is -0.120. The highest BCUT2D eigenvalue weighted by molar-refractivity contribution is 6.46. The number of rotatable bonds is 6. The number of halogens is 2. The predicted octanol–water partition coefficient (Wildman–Crippen LogP) is 5.38. The molecule has 0 spiro atoms. The monoisotopic (exact) mass is 448 g/mol. The Kier molecular flexibility index (Phi) is 5.96. The Morgan fingerprint density at radius 1 is 0.879 bits per heavy atom. The number of imide groups is 1. The Bertz CT molecular complexity index is 1280. The topological polar surface area (TPSA) is 58.6 Å². The summed E-state index contributed by atoms with van der Waals surface area (Å²) in [5.41, 5.74) is 2.87. The number of anilines is 2. The van der Waals surface area contributed by atoms with Crippen LogP contribution in [0.5, 0.6) is 5.75 Å². The van der Waals surface area contributed by atoms with Gasteiger partial charge >= 0.3 is 0 Å². The van der Waals surface area contributed by atoms with Crippen LogP contribution in [0.25, 0.3) is 5.57 Å². The summed E-state index contributed by atoms with van der Waals surface area (Å²) in [4.78, 5) is 28.1. The Morgan fingerprint density at radius 3 is 2.27 bits per heavy atom. The average molecular weight is 448 g/mol. The lowest BCUT2D eigenvalue weighted by atomic mass is 10.0. The molecule has 0 radical (unpaired) electrons. The van der Waals surface area contributed by atoms with Gasteiger partial charge in [-0.25, -0.2) is 13.7 Å². The van der Waals surface area contributed by atoms with E-state index in [1.807, 2.05) is 32.9 Å². The first-order valence-corrected chi connectivity index (χ1v) is 10.5. The third-order valence-corrected chi connectivity index (χ3v) is 5.33. The van der Waals surface area contributed by atoms with Crippen molar-refractivity contribution >= 4 is 28.8 Å². The van der Waals surface area contributed by atoms with E-state index in [0.717, 1.165) is 28.2 Å². The molecule has 0 atom stereocenters. The zero-order valence-corrected chi connectivity index (χ0v) is 18.4. The molecule has 0 bridgehead atoms. The van der Waals surface area contributed by atoms with Crippen molar-refractivity contribution in [2.45, 2.75) is 20.8 Å². The van der Waals surface area contributed by atoms with Crippen LogP contribution in [-0.2, 0) is 9.59 Å². The van der Waals surface area contributed by atoms with Crippen molar-refractivity contribution in [1.82, 2.24) is 0 Å². The summed E-state index contributed by atoms with van der Waals surface area (Å²) in [6.07, 6.45) is 0. The summed E-state index contributed by atoms with van der Waals surface area (Å²) < 4.78 is 32.7. The van der Waals surface area contributed by atoms with Gasteiger partial charge < -0.3 is 10.1 Å². The van der Waals surface area contributed by atoms with Crippen molar-refractivity contribution in [2.75, 3.05) is 16.8 Å². The maximum absolute atomic E-state index is 13.8. The zero-order valence-electron chi connectivity index (χ0n) is 18.4. The molecule has 3 aromatic carbocycles. The molecule has 1 heterocycles. The molecule has 3 aromatic rings. The van der Waals surface area contributed by atoms with Crippen LogP contribution in [0.15, 0.2) is 66.4 Å². The second kappa shape index (κ2) is 8.86. The molecule has 1 aliphatic rings. The molecule has 1 aliphatic heterocycles. The fourth-order valence-corrected chi connectivity index (χ4v) is 3.70. The molecule has 1 N–H and O–H groups in total. The van der Waals surface area contributed by atoms with Gasteiger partial charge in [0.1, 0.15) is 11.4 Å². The Labute approximate surface area is 190 Å². The SMILES string of the molecule is CCOc1ccc(C2=C(Nc3ccc(F)c(F)c3)C(=O)N(c3cc(C)ccc3C)C2=O)cc1. The van der Waals surface area contributed by atoms with Gasteiger partial charge in [0.25, 0.3) is 11.8 Å². The highest BCUT2D eigenvalue weighted by Gasteiger charge is 2.41. The van der Waals surface area contributed by atoms with E-state index in [9.17, 15) is 18.4 Å². The minimum atomic E-state index is -1.06. The number of benzene rings is 3. The molecule has 2 amide bonds. The molecule has 0 saturated heterocycles. The summed E-state index contributed by atoms with van der Waals surface area (Å²) >= 11 is 0. The zero-order chi connectivity index (χ0) is 23.7. The first kappa shape index (κ1) is 22.2. The fourth-order valence-electron chi connectivity index (χ4n) is 3.70. The smallest absolute Gasteiger partial charge is 0.282 e. The van der Waals surface area contributed by atoms with E-state index in [-0.39, 0.29) is 17.0 Å². The molecule has 5 nitrogen and oxygen atoms in total. The largest absolute Gasteiger partial charge is 0.494 e. The van der Waals surface area contributed by atoms with E-state index in [1.54, 1.807) is 30.3 Å². The van der Waals surface area contributed by atoms with E-state index in [0.29, 0.717) is 23.6 Å². The summed E-state index contributed by atoms with van der Waals surface area (Å²) in [5, 5.41) is 2.84. The number of nitrogens with zero attached hydrogens (tertiary/aromatic N) is 1. The lowest BCUT2D eigenvalue weighted by Gasteiger charge is -2.18. The van der Waals surface area contributed by atoms with Gasteiger partial charge in [0.2, 0.25) is 0 Å². The highest BCUT2D eigenvalue weighted by Crippen LogP contribution is 2.36. The number of amides is 2. The number of ether oxygens (including phenoxy) is 1. The number of carbonyl (C=O) groups excluding carboxylic acids is 2. The van der Waals surface area contributed by atoms with Crippen molar-refractivity contribution in [2.24, 2.45) is 0 Å². The normalized spacial score (nSPS) is 13.7. The van der Waals surface area contributed by atoms with E-state index in [2.05, 4.69) is 5.32 Å². The molecule has 4 rings (SSSR count). The van der Waals surface area contributed by atoms with E-state index >= 15 is 0 Å². The highest BCUT2D eigenvalue weighted by atomic mass is 19.2. The number of hydrogen-bond acceptors (Lipinski definition) is 4. The minimum absolute atomic E-state index is 0.0175. The molecule has 7 heteroatoms. The van der Waals surface area contributed by atoms with Crippen LogP contribution in [0.2, 0.25) is 0 Å². The van der Waals surface area contributed by atoms with Gasteiger partial charge in [0, 0.05) is 11.8 Å². The van der Waals surface area contributed by atoms with Gasteiger partial charge in [0.05, 0.1) is 17.9 Å². The number of hydrogen-bond donors (Lipinski definition) is 1. The van der Waals surface area contributed by atoms with Crippen molar-refractivity contribution in [3.8, 4) is 5.75 Å². The van der Waals surface area contributed by atoms with Crippen molar-refractivity contribution in [3.05, 3.63) is 94.7 Å². The van der Waals surface area contributed by atoms with E-state index in [1.165, 1.54) is 6.07 Å². The van der Waals surface area contributed by atoms with Crippen LogP contribution in [0.1, 0.15) is 23.6 Å². The van der Waals surface area contributed by atoms with Crippen LogP contribution < -0.4 is 15.0 Å². The van der Waals surface area contributed by atoms with Crippen LogP contribution >= 0.6 is 0 Å². The van der Waals surface area contributed by atoms with Crippen LogP contribution in [0.4, 0.5) is 20.2 Å². The van der Waals surface area contributed by atoms with Crippen LogP contribution in [0.3, 0.4) is 0 Å². The Morgan fingerprint density at radius 2 is 1.61 bits per heavy atom. The molecular formula is C26H22F2N2O3. The molecule has 0 saturated carbocycles. The summed E-state index contributed by atoms with van der Waals surface area (Å²) in [7, 11) is 0. The minimum Gasteiger partial charge on any atom is -0.494 e. The molecular weight excluding hydrogens is 426 g/mol. The fraction of sp³-hybridized carbons (Fsp3) is 0.154. The second-order valence-corrected chi connectivity index (χ2v) is 7.70. The third-order valence-electron chi connectivity index (χ3n) is 5.33. The van der Waals surface area contributed by atoms with Crippen LogP contribution in [-0.4, -0.2) is 18.4 Å². The second-order valence-electron chi connectivity index (χ2n) is 7.70. The molecule has 168 valence electrons. The summed E-state index contributed by atoms with van der Waals surface area (Å²) in [5.74, 6) is -2.54. The molecule has 0 aliphatic carbocycles. The van der Waals surface area contributed by atoms with Gasteiger partial charge in [-0.1, -0.05) is 24.3 Å². The maximum atomic E-state index is 13.8. The number of nitrogens with one attached hydrogen (secondary N) is 1. The van der Waals surface area contributed by atoms with E-state index < -0.39 is 23.4 Å². The first-order valence-electron chi connectivity index (χ1n) is 10.5. The first-order chi connectivity index (χ1) is 15.8.